The first-order chi connectivity index (χ1) is 9.08. The van der Waals surface area contributed by atoms with Crippen LogP contribution in [0.15, 0.2) is 19.2 Å². The van der Waals surface area contributed by atoms with Gasteiger partial charge in [0.1, 0.15) is 5.82 Å². The molecule has 0 N–H and O–H groups in total. The standard InChI is InChI=1S/C19H25F/c1-9-11(2)15-16(19(8)10-18(19,6)7)13(4)12(3)14(5)17(15)20/h9H,1-2,10H2,3-8H3. The van der Waals surface area contributed by atoms with E-state index in [0.29, 0.717) is 11.1 Å². The zero-order chi connectivity index (χ0) is 15.5. The molecule has 1 aromatic rings. The highest BCUT2D eigenvalue weighted by atomic mass is 19.1. The fourth-order valence-electron chi connectivity index (χ4n) is 3.48. The van der Waals surface area contributed by atoms with Crippen LogP contribution in [0.1, 0.15) is 55.0 Å². The highest BCUT2D eigenvalue weighted by Gasteiger charge is 2.60. The van der Waals surface area contributed by atoms with Crippen molar-refractivity contribution in [1.82, 2.24) is 0 Å². The van der Waals surface area contributed by atoms with Crippen molar-refractivity contribution in [2.24, 2.45) is 5.41 Å². The van der Waals surface area contributed by atoms with Gasteiger partial charge in [0.2, 0.25) is 0 Å². The fraction of sp³-hybridized carbons (Fsp3) is 0.474. The molecule has 1 aliphatic carbocycles. The number of halogens is 1. The van der Waals surface area contributed by atoms with E-state index in [4.69, 9.17) is 0 Å². The van der Waals surface area contributed by atoms with Crippen molar-refractivity contribution in [2.75, 3.05) is 0 Å². The van der Waals surface area contributed by atoms with Gasteiger partial charge in [-0.3, -0.25) is 0 Å². The molecule has 0 heterocycles. The maximum Gasteiger partial charge on any atom is 0.134 e. The molecule has 0 amide bonds. The van der Waals surface area contributed by atoms with Crippen molar-refractivity contribution < 1.29 is 4.39 Å². The second-order valence-electron chi connectivity index (χ2n) is 7.06. The first kappa shape index (κ1) is 15.0. The van der Waals surface area contributed by atoms with Gasteiger partial charge in [-0.25, -0.2) is 4.39 Å². The van der Waals surface area contributed by atoms with E-state index in [2.05, 4.69) is 40.9 Å². The molecule has 0 aromatic heterocycles. The molecule has 20 heavy (non-hydrogen) atoms. The molecular formula is C19H25F. The molecule has 108 valence electrons. The normalized spacial score (nSPS) is 23.6. The van der Waals surface area contributed by atoms with Crippen LogP contribution in [0.3, 0.4) is 0 Å². The Hall–Kier alpha value is -1.37. The lowest BCUT2D eigenvalue weighted by molar-refractivity contribution is 0.519. The molecule has 2 rings (SSSR count). The van der Waals surface area contributed by atoms with Crippen LogP contribution < -0.4 is 0 Å². The van der Waals surface area contributed by atoms with Crippen molar-refractivity contribution in [3.8, 4) is 0 Å². The molecule has 1 heteroatoms. The second-order valence-corrected chi connectivity index (χ2v) is 7.06. The van der Waals surface area contributed by atoms with Gasteiger partial charge in [0.25, 0.3) is 0 Å². The molecular weight excluding hydrogens is 247 g/mol. The van der Waals surface area contributed by atoms with E-state index in [1.54, 1.807) is 6.08 Å². The summed E-state index contributed by atoms with van der Waals surface area (Å²) in [5, 5.41) is 0. The molecule has 0 nitrogen and oxygen atoms in total. The summed E-state index contributed by atoms with van der Waals surface area (Å²) in [6.45, 7) is 20.5. The van der Waals surface area contributed by atoms with Gasteiger partial charge in [-0.05, 0) is 65.8 Å². The molecule has 1 saturated carbocycles. The summed E-state index contributed by atoms with van der Waals surface area (Å²) in [4.78, 5) is 0. The first-order valence-corrected chi connectivity index (χ1v) is 7.20. The van der Waals surface area contributed by atoms with Gasteiger partial charge in [-0.2, -0.15) is 0 Å². The Kier molecular flexibility index (Phi) is 3.24. The van der Waals surface area contributed by atoms with Crippen molar-refractivity contribution >= 4 is 5.57 Å². The van der Waals surface area contributed by atoms with Crippen LogP contribution >= 0.6 is 0 Å². The van der Waals surface area contributed by atoms with E-state index < -0.39 is 0 Å². The van der Waals surface area contributed by atoms with Crippen LogP contribution in [0.2, 0.25) is 0 Å². The zero-order valence-corrected chi connectivity index (χ0v) is 13.6. The highest BCUT2D eigenvalue weighted by molar-refractivity contribution is 5.78. The van der Waals surface area contributed by atoms with Crippen LogP contribution in [0.4, 0.5) is 4.39 Å². The average molecular weight is 272 g/mol. The Balaban J connectivity index is 2.86. The van der Waals surface area contributed by atoms with Gasteiger partial charge in [0.15, 0.2) is 0 Å². The Bertz CT molecular complexity index is 619. The van der Waals surface area contributed by atoms with Crippen LogP contribution in [-0.2, 0) is 5.41 Å². The summed E-state index contributed by atoms with van der Waals surface area (Å²) in [6, 6.07) is 0. The summed E-state index contributed by atoms with van der Waals surface area (Å²) in [6.07, 6.45) is 2.75. The lowest BCUT2D eigenvalue weighted by Gasteiger charge is -2.26. The summed E-state index contributed by atoms with van der Waals surface area (Å²) in [7, 11) is 0. The SMILES string of the molecule is C=CC(=C)c1c(F)c(C)c(C)c(C)c1C1(C)CC1(C)C. The number of rotatable bonds is 3. The van der Waals surface area contributed by atoms with E-state index in [0.717, 1.165) is 23.1 Å². The highest BCUT2D eigenvalue weighted by Crippen LogP contribution is 2.66. The predicted octanol–water partition coefficient (Wildman–Crippen LogP) is 5.64. The maximum atomic E-state index is 14.8. The van der Waals surface area contributed by atoms with Gasteiger partial charge in [-0.15, -0.1) is 0 Å². The third-order valence-electron chi connectivity index (χ3n) is 5.58. The Morgan fingerprint density at radius 2 is 1.60 bits per heavy atom. The van der Waals surface area contributed by atoms with Gasteiger partial charge in [-0.1, -0.05) is 40.0 Å². The summed E-state index contributed by atoms with van der Waals surface area (Å²) in [5.74, 6) is -0.128. The minimum Gasteiger partial charge on any atom is -0.206 e. The van der Waals surface area contributed by atoms with E-state index in [-0.39, 0.29) is 16.6 Å². The summed E-state index contributed by atoms with van der Waals surface area (Å²) < 4.78 is 14.8. The molecule has 1 aliphatic rings. The third-order valence-corrected chi connectivity index (χ3v) is 5.58. The lowest BCUT2D eigenvalue weighted by atomic mass is 9.79. The number of benzene rings is 1. The van der Waals surface area contributed by atoms with Crippen molar-refractivity contribution in [2.45, 2.75) is 53.4 Å². The fourth-order valence-corrected chi connectivity index (χ4v) is 3.48. The van der Waals surface area contributed by atoms with Crippen molar-refractivity contribution in [3.05, 3.63) is 52.9 Å². The second kappa shape index (κ2) is 4.31. The van der Waals surface area contributed by atoms with E-state index in [1.165, 1.54) is 5.56 Å². The van der Waals surface area contributed by atoms with Crippen LogP contribution in [0, 0.1) is 32.0 Å². The smallest absolute Gasteiger partial charge is 0.134 e. The number of allylic oxidation sites excluding steroid dienone is 2. The summed E-state index contributed by atoms with van der Waals surface area (Å²) in [5.41, 5.74) is 5.72. The van der Waals surface area contributed by atoms with Crippen LogP contribution in [0.5, 0.6) is 0 Å². The van der Waals surface area contributed by atoms with Gasteiger partial charge < -0.3 is 0 Å². The lowest BCUT2D eigenvalue weighted by Crippen LogP contribution is -2.17. The minimum absolute atomic E-state index is 0.0255. The summed E-state index contributed by atoms with van der Waals surface area (Å²) >= 11 is 0. The molecule has 0 bridgehead atoms. The molecule has 1 unspecified atom stereocenters. The van der Waals surface area contributed by atoms with E-state index >= 15 is 0 Å². The first-order valence-electron chi connectivity index (χ1n) is 7.20. The number of hydrogen-bond acceptors (Lipinski definition) is 0. The van der Waals surface area contributed by atoms with E-state index in [9.17, 15) is 4.39 Å². The molecule has 0 aliphatic heterocycles. The van der Waals surface area contributed by atoms with Crippen molar-refractivity contribution in [1.29, 1.82) is 0 Å². The predicted molar refractivity (Wildman–Crippen MR) is 85.6 cm³/mol. The van der Waals surface area contributed by atoms with Crippen LogP contribution in [0.25, 0.3) is 5.57 Å². The quantitative estimate of drug-likeness (QED) is 0.625. The van der Waals surface area contributed by atoms with Gasteiger partial charge in [0.05, 0.1) is 0 Å². The third kappa shape index (κ3) is 1.79. The number of hydrogen-bond donors (Lipinski definition) is 0. The molecule has 0 radical (unpaired) electrons. The molecule has 1 aromatic carbocycles. The molecule has 0 spiro atoms. The Labute approximate surface area is 122 Å². The molecule has 0 saturated heterocycles. The monoisotopic (exact) mass is 272 g/mol. The van der Waals surface area contributed by atoms with Crippen LogP contribution in [-0.4, -0.2) is 0 Å². The average Bonchev–Trinajstić information content (AvgIpc) is 2.89. The maximum absolute atomic E-state index is 14.8. The molecule has 1 fully saturated rings. The van der Waals surface area contributed by atoms with Crippen molar-refractivity contribution in [3.63, 3.8) is 0 Å². The topological polar surface area (TPSA) is 0 Å². The van der Waals surface area contributed by atoms with Gasteiger partial charge in [0, 0.05) is 5.56 Å². The van der Waals surface area contributed by atoms with E-state index in [1.807, 2.05) is 13.8 Å². The zero-order valence-electron chi connectivity index (χ0n) is 13.6. The minimum atomic E-state index is -0.128. The Morgan fingerprint density at radius 1 is 1.10 bits per heavy atom. The Morgan fingerprint density at radius 3 is 2.00 bits per heavy atom. The van der Waals surface area contributed by atoms with Gasteiger partial charge >= 0.3 is 0 Å². The molecule has 1 atom stereocenters. The largest absolute Gasteiger partial charge is 0.206 e.